The Hall–Kier alpha value is -3.17. The van der Waals surface area contributed by atoms with Gasteiger partial charge in [0.2, 0.25) is 17.8 Å². The Morgan fingerprint density at radius 3 is 1.74 bits per heavy atom. The third kappa shape index (κ3) is 8.35. The number of aliphatic hydroxyl groups is 14. The first-order valence-corrected chi connectivity index (χ1v) is 19.4. The Kier molecular flexibility index (Phi) is 14.7. The van der Waals surface area contributed by atoms with E-state index in [0.29, 0.717) is 50.5 Å². The smallest absolute Gasteiger partial charge is 0.314 e. The molecule has 2 bridgehead atoms. The SMILES string of the molecule is C=C1CC23CCC4[C@](C)(C(=O)OC(O)/C(O)=C(/O)C(O)CCO)CCC[C@@]4(C)[C@@H]2CC[C@]1(OC(O)/C(O)=C(/OC(O)/C(O)=C(/O)C(O)CCO)C(O)CCO)[C@@H]3C. The zero-order valence-electron chi connectivity index (χ0n) is 32.7. The summed E-state index contributed by atoms with van der Waals surface area (Å²) in [5.41, 5.74) is -2.57. The fraction of sp³-hybridized carbons (Fsp3) is 0.769. The lowest BCUT2D eigenvalue weighted by Crippen LogP contribution is -2.62. The fourth-order valence-corrected chi connectivity index (χ4v) is 10.8. The van der Waals surface area contributed by atoms with Crippen LogP contribution in [0.25, 0.3) is 0 Å². The minimum absolute atomic E-state index is 0.00312. The second-order valence-electron chi connectivity index (χ2n) is 16.7. The molecule has 0 aromatic heterocycles. The Morgan fingerprint density at radius 1 is 0.684 bits per heavy atom. The zero-order chi connectivity index (χ0) is 42.8. The van der Waals surface area contributed by atoms with Gasteiger partial charge >= 0.3 is 5.97 Å². The monoisotopic (exact) mass is 818 g/mol. The van der Waals surface area contributed by atoms with Crippen molar-refractivity contribution in [3.63, 3.8) is 0 Å². The molecule has 13 atom stereocenters. The van der Waals surface area contributed by atoms with Gasteiger partial charge in [0.25, 0.3) is 12.6 Å². The molecule has 0 aliphatic heterocycles. The number of carbonyl (C=O) groups is 1. The average molecular weight is 819 g/mol. The first kappa shape index (κ1) is 46.5. The van der Waals surface area contributed by atoms with Gasteiger partial charge in [0.05, 0.1) is 11.0 Å². The second kappa shape index (κ2) is 18.0. The number of carbonyl (C=O) groups excluding carboxylic acids is 1. The maximum atomic E-state index is 13.9. The van der Waals surface area contributed by atoms with Crippen molar-refractivity contribution >= 4 is 5.97 Å². The predicted molar refractivity (Wildman–Crippen MR) is 197 cm³/mol. The van der Waals surface area contributed by atoms with Crippen molar-refractivity contribution in [3.05, 3.63) is 46.7 Å². The number of fused-ring (bicyclic) bond motifs is 3. The lowest BCUT2D eigenvalue weighted by atomic mass is 9.39. The summed E-state index contributed by atoms with van der Waals surface area (Å²) in [4.78, 5) is 13.9. The van der Waals surface area contributed by atoms with Crippen LogP contribution < -0.4 is 0 Å². The molecule has 0 amide bonds. The second-order valence-corrected chi connectivity index (χ2v) is 16.7. The summed E-state index contributed by atoms with van der Waals surface area (Å²) in [5.74, 6) is -7.96. The van der Waals surface area contributed by atoms with Crippen LogP contribution in [0.1, 0.15) is 91.4 Å². The predicted octanol–water partition coefficient (Wildman–Crippen LogP) is 1.51. The molecule has 4 aliphatic rings. The fourth-order valence-electron chi connectivity index (χ4n) is 10.8. The molecule has 57 heavy (non-hydrogen) atoms. The summed E-state index contributed by atoms with van der Waals surface area (Å²) >= 11 is 0. The van der Waals surface area contributed by atoms with Gasteiger partial charge in [-0.15, -0.1) is 0 Å². The molecule has 0 aromatic rings. The molecule has 14 N–H and O–H groups in total. The number of rotatable bonds is 18. The Labute approximate surface area is 330 Å². The van der Waals surface area contributed by atoms with E-state index >= 15 is 0 Å². The van der Waals surface area contributed by atoms with E-state index < -0.39 is 132 Å². The summed E-state index contributed by atoms with van der Waals surface area (Å²) < 4.78 is 16.7. The first-order chi connectivity index (χ1) is 26.6. The van der Waals surface area contributed by atoms with Gasteiger partial charge in [0.1, 0.15) is 18.3 Å². The third-order valence-electron chi connectivity index (χ3n) is 13.7. The number of hydrogen-bond acceptors (Lipinski definition) is 18. The van der Waals surface area contributed by atoms with Crippen molar-refractivity contribution in [1.82, 2.24) is 0 Å². The molecule has 8 unspecified atom stereocenters. The summed E-state index contributed by atoms with van der Waals surface area (Å²) in [6, 6.07) is 0. The van der Waals surface area contributed by atoms with Crippen LogP contribution in [0.3, 0.4) is 0 Å². The van der Waals surface area contributed by atoms with E-state index in [1.807, 2.05) is 6.92 Å². The van der Waals surface area contributed by atoms with E-state index in [1.165, 1.54) is 0 Å². The lowest BCUT2D eigenvalue weighted by molar-refractivity contribution is -0.238. The van der Waals surface area contributed by atoms with Crippen molar-refractivity contribution in [2.45, 2.75) is 134 Å². The molecule has 0 radical (unpaired) electrons. The zero-order valence-corrected chi connectivity index (χ0v) is 32.7. The largest absolute Gasteiger partial charge is 0.506 e. The molecule has 4 rings (SSSR count). The van der Waals surface area contributed by atoms with E-state index in [9.17, 15) is 66.1 Å². The highest BCUT2D eigenvalue weighted by molar-refractivity contribution is 5.77. The molecular weight excluding hydrogens is 756 g/mol. The summed E-state index contributed by atoms with van der Waals surface area (Å²) in [6.07, 6.45) is -9.15. The first-order valence-electron chi connectivity index (χ1n) is 19.4. The van der Waals surface area contributed by atoms with Crippen LogP contribution in [0.4, 0.5) is 0 Å². The van der Waals surface area contributed by atoms with Crippen molar-refractivity contribution in [1.29, 1.82) is 0 Å². The molecule has 4 fully saturated rings. The van der Waals surface area contributed by atoms with Gasteiger partial charge < -0.3 is 85.7 Å². The van der Waals surface area contributed by atoms with Crippen LogP contribution in [0.15, 0.2) is 46.7 Å². The van der Waals surface area contributed by atoms with Crippen molar-refractivity contribution in [2.75, 3.05) is 19.8 Å². The van der Waals surface area contributed by atoms with Gasteiger partial charge in [-0.3, -0.25) is 4.79 Å². The van der Waals surface area contributed by atoms with E-state index in [4.69, 9.17) is 24.4 Å². The average Bonchev–Trinajstić information content (AvgIpc) is 3.26. The Bertz CT molecular complexity index is 1560. The molecule has 18 heteroatoms. The molecule has 1 spiro atoms. The van der Waals surface area contributed by atoms with E-state index in [1.54, 1.807) is 6.92 Å². The maximum Gasteiger partial charge on any atom is 0.314 e. The summed E-state index contributed by atoms with van der Waals surface area (Å²) in [6.45, 7) is 8.48. The Morgan fingerprint density at radius 2 is 1.19 bits per heavy atom. The molecular formula is C39H62O18. The standard InChI is InChI=1S/C39H62O18/c1-19-18-38-13-6-24-36(3,11-5-12-37(24,4)35(54)56-33(52)29(49)27(47)22(44)9-16-41)25(38)7-14-39(19,20(38)2)57-34(53)30(50)31(23(45)10-17-42)55-32(51)28(48)26(46)21(43)8-15-40/h20-25,32-34,40-53H,1,5-18H2,2-4H3/b28-26-,29-27-,31-30-/t20-,21?,22?,23?,24?,25+,32?,33?,34?,36-,37-,38?,39-/m1/s1. The third-order valence-corrected chi connectivity index (χ3v) is 13.7. The molecule has 18 nitrogen and oxygen atoms in total. The minimum atomic E-state index is -2.48. The van der Waals surface area contributed by atoms with Crippen LogP contribution >= 0.6 is 0 Å². The number of aliphatic hydroxyl groups excluding tert-OH is 14. The summed E-state index contributed by atoms with van der Waals surface area (Å²) in [5, 5.41) is 142. The molecule has 326 valence electrons. The summed E-state index contributed by atoms with van der Waals surface area (Å²) in [7, 11) is 0. The topological polar surface area (TPSA) is 328 Å². The van der Waals surface area contributed by atoms with Crippen LogP contribution in [-0.4, -0.2) is 140 Å². The van der Waals surface area contributed by atoms with Crippen LogP contribution in [0.5, 0.6) is 0 Å². The lowest BCUT2D eigenvalue weighted by Gasteiger charge is -2.65. The van der Waals surface area contributed by atoms with Crippen LogP contribution in [-0.2, 0) is 19.0 Å². The van der Waals surface area contributed by atoms with Crippen molar-refractivity contribution in [2.24, 2.45) is 34.0 Å². The molecule has 4 aliphatic carbocycles. The van der Waals surface area contributed by atoms with E-state index in [2.05, 4.69) is 13.5 Å². The number of ether oxygens (including phenoxy) is 3. The number of esters is 1. The van der Waals surface area contributed by atoms with Gasteiger partial charge in [-0.1, -0.05) is 26.8 Å². The Balaban J connectivity index is 1.60. The normalized spacial score (nSPS) is 35.6. The van der Waals surface area contributed by atoms with Gasteiger partial charge in [0, 0.05) is 39.1 Å². The number of hydrogen-bond donors (Lipinski definition) is 14. The highest BCUT2D eigenvalue weighted by atomic mass is 16.7. The minimum Gasteiger partial charge on any atom is -0.506 e. The van der Waals surface area contributed by atoms with Gasteiger partial charge in [-0.25, -0.2) is 0 Å². The van der Waals surface area contributed by atoms with Gasteiger partial charge in [0.15, 0.2) is 23.0 Å². The quantitative estimate of drug-likeness (QED) is 0.0403. The van der Waals surface area contributed by atoms with Gasteiger partial charge in [-0.05, 0) is 86.0 Å². The van der Waals surface area contributed by atoms with Crippen molar-refractivity contribution in [3.8, 4) is 0 Å². The molecule has 0 aromatic carbocycles. The molecule has 4 saturated carbocycles. The maximum absolute atomic E-state index is 13.9. The molecule has 0 heterocycles. The van der Waals surface area contributed by atoms with Crippen LogP contribution in [0, 0.1) is 34.0 Å². The molecule has 0 saturated heterocycles. The van der Waals surface area contributed by atoms with E-state index in [0.717, 1.165) is 6.42 Å². The van der Waals surface area contributed by atoms with E-state index in [-0.39, 0.29) is 24.2 Å². The highest BCUT2D eigenvalue weighted by Crippen LogP contribution is 2.75. The van der Waals surface area contributed by atoms with Crippen molar-refractivity contribution < 1.29 is 90.5 Å². The van der Waals surface area contributed by atoms with Gasteiger partial charge in [-0.2, -0.15) is 0 Å². The van der Waals surface area contributed by atoms with Crippen LogP contribution in [0.2, 0.25) is 0 Å². The highest BCUT2D eigenvalue weighted by Gasteiger charge is 2.71.